The van der Waals surface area contributed by atoms with Crippen molar-refractivity contribution in [3.63, 3.8) is 0 Å². The van der Waals surface area contributed by atoms with Crippen LogP contribution in [-0.4, -0.2) is 49.0 Å². The first-order valence-electron chi connectivity index (χ1n) is 10.8. The van der Waals surface area contributed by atoms with Crippen LogP contribution in [0.25, 0.3) is 22.3 Å². The Bertz CT molecular complexity index is 1520. The first-order chi connectivity index (χ1) is 17.5. The summed E-state index contributed by atoms with van der Waals surface area (Å²) in [5, 5.41) is 18.5. The van der Waals surface area contributed by atoms with Gasteiger partial charge in [-0.05, 0) is 18.2 Å². The fraction of sp³-hybridized carbons (Fsp3) is 0.174. The number of methoxy groups -OCH3 is 1. The number of halogens is 3. The number of hydrogen-bond acceptors (Lipinski definition) is 8. The van der Waals surface area contributed by atoms with Gasteiger partial charge in [0, 0.05) is 36.7 Å². The van der Waals surface area contributed by atoms with Gasteiger partial charge in [-0.15, -0.1) is 0 Å². The lowest BCUT2D eigenvalue weighted by Gasteiger charge is -2.10. The summed E-state index contributed by atoms with van der Waals surface area (Å²) >= 11 is 6.41. The third kappa shape index (κ3) is 4.95. The summed E-state index contributed by atoms with van der Waals surface area (Å²) in [6.07, 6.45) is 0.466. The molecule has 0 aliphatic rings. The van der Waals surface area contributed by atoms with Crippen molar-refractivity contribution in [2.24, 2.45) is 0 Å². The minimum absolute atomic E-state index is 0.173. The molecule has 184 valence electrons. The Morgan fingerprint density at radius 1 is 1.03 bits per heavy atom. The summed E-state index contributed by atoms with van der Waals surface area (Å²) in [6.45, 7) is 0.720. The van der Waals surface area contributed by atoms with Crippen LogP contribution in [-0.2, 0) is 17.8 Å². The summed E-state index contributed by atoms with van der Waals surface area (Å²) in [5.74, 6) is -0.267. The van der Waals surface area contributed by atoms with Gasteiger partial charge in [-0.1, -0.05) is 29.8 Å². The van der Waals surface area contributed by atoms with E-state index in [0.29, 0.717) is 64.8 Å². The SMILES string of the molecule is COCc1nc(CCNc2nc(Oc3ccc(F)cc3F)nc3n[nH]c(-c4ccccc4Cl)c23)n[nH]1. The van der Waals surface area contributed by atoms with Gasteiger partial charge < -0.3 is 14.8 Å². The third-order valence-corrected chi connectivity index (χ3v) is 5.46. The fourth-order valence-corrected chi connectivity index (χ4v) is 3.76. The molecule has 5 aromatic rings. The van der Waals surface area contributed by atoms with Gasteiger partial charge in [0.05, 0.1) is 11.1 Å². The monoisotopic (exact) mass is 512 g/mol. The highest BCUT2D eigenvalue weighted by Crippen LogP contribution is 2.36. The van der Waals surface area contributed by atoms with Crippen LogP contribution >= 0.6 is 11.6 Å². The van der Waals surface area contributed by atoms with Crippen LogP contribution < -0.4 is 10.1 Å². The van der Waals surface area contributed by atoms with E-state index in [9.17, 15) is 8.78 Å². The summed E-state index contributed by atoms with van der Waals surface area (Å²) < 4.78 is 38.0. The van der Waals surface area contributed by atoms with Crippen molar-refractivity contribution in [1.29, 1.82) is 0 Å². The molecular formula is C23H19ClF2N8O2. The topological polar surface area (TPSA) is 127 Å². The molecule has 10 nitrogen and oxygen atoms in total. The number of aromatic amines is 2. The average Bonchev–Trinajstić information content (AvgIpc) is 3.49. The molecule has 13 heteroatoms. The Morgan fingerprint density at radius 2 is 1.89 bits per heavy atom. The molecule has 0 unspecified atom stereocenters. The van der Waals surface area contributed by atoms with E-state index in [4.69, 9.17) is 21.1 Å². The molecule has 5 rings (SSSR count). The molecule has 3 aromatic heterocycles. The zero-order valence-corrected chi connectivity index (χ0v) is 19.6. The predicted octanol–water partition coefficient (Wildman–Crippen LogP) is 4.66. The third-order valence-electron chi connectivity index (χ3n) is 5.13. The molecule has 0 aliphatic heterocycles. The molecule has 2 aromatic carbocycles. The molecule has 0 atom stereocenters. The van der Waals surface area contributed by atoms with E-state index in [1.165, 1.54) is 0 Å². The van der Waals surface area contributed by atoms with Crippen molar-refractivity contribution in [1.82, 2.24) is 35.3 Å². The fourth-order valence-electron chi connectivity index (χ4n) is 3.53. The van der Waals surface area contributed by atoms with E-state index in [2.05, 4.69) is 40.7 Å². The van der Waals surface area contributed by atoms with Crippen molar-refractivity contribution < 1.29 is 18.3 Å². The van der Waals surface area contributed by atoms with E-state index in [1.54, 1.807) is 13.2 Å². The molecule has 0 bridgehead atoms. The van der Waals surface area contributed by atoms with Crippen LogP contribution in [0.15, 0.2) is 42.5 Å². The van der Waals surface area contributed by atoms with Crippen LogP contribution in [0.3, 0.4) is 0 Å². The number of nitrogens with one attached hydrogen (secondary N) is 3. The van der Waals surface area contributed by atoms with E-state index in [-0.39, 0.29) is 17.4 Å². The maximum absolute atomic E-state index is 14.2. The Labute approximate surface area is 208 Å². The van der Waals surface area contributed by atoms with E-state index < -0.39 is 11.6 Å². The maximum atomic E-state index is 14.2. The zero-order valence-electron chi connectivity index (χ0n) is 18.8. The Balaban J connectivity index is 1.49. The summed E-state index contributed by atoms with van der Waals surface area (Å²) in [6, 6.07) is 10.0. The summed E-state index contributed by atoms with van der Waals surface area (Å²) in [5.41, 5.74) is 1.56. The highest BCUT2D eigenvalue weighted by molar-refractivity contribution is 6.33. The lowest BCUT2D eigenvalue weighted by atomic mass is 10.1. The Hall–Kier alpha value is -4.16. The average molecular weight is 513 g/mol. The number of fused-ring (bicyclic) bond motifs is 1. The molecule has 3 N–H and O–H groups in total. The molecule has 0 spiro atoms. The Morgan fingerprint density at radius 3 is 2.69 bits per heavy atom. The number of H-pyrrole nitrogens is 2. The van der Waals surface area contributed by atoms with Crippen molar-refractivity contribution in [3.05, 3.63) is 70.8 Å². The number of ether oxygens (including phenoxy) is 2. The molecule has 0 radical (unpaired) electrons. The van der Waals surface area contributed by atoms with Gasteiger partial charge in [-0.2, -0.15) is 20.2 Å². The minimum Gasteiger partial charge on any atom is -0.421 e. The molecule has 0 fully saturated rings. The Kier molecular flexibility index (Phi) is 6.69. The minimum atomic E-state index is -0.886. The molecule has 3 heterocycles. The number of rotatable bonds is 9. The largest absolute Gasteiger partial charge is 0.421 e. The summed E-state index contributed by atoms with van der Waals surface area (Å²) in [7, 11) is 1.57. The van der Waals surface area contributed by atoms with Crippen LogP contribution in [0.2, 0.25) is 5.02 Å². The number of benzene rings is 2. The van der Waals surface area contributed by atoms with Crippen LogP contribution in [0.4, 0.5) is 14.6 Å². The molecular weight excluding hydrogens is 494 g/mol. The van der Waals surface area contributed by atoms with Gasteiger partial charge in [0.25, 0.3) is 0 Å². The second kappa shape index (κ2) is 10.2. The molecule has 0 saturated heterocycles. The standard InChI is InChI=1S/C23H19ClF2N8O2/c1-35-11-18-28-17(31-32-18)8-9-27-21-19-20(13-4-2-3-5-14(13)24)33-34-22(19)30-23(29-21)36-16-7-6-12(25)10-15(16)26/h2-7,10H,8-9,11H2,1H3,(H,28,31,32)(H2,27,29,30,33,34). The lowest BCUT2D eigenvalue weighted by molar-refractivity contribution is 0.178. The van der Waals surface area contributed by atoms with Crippen molar-refractivity contribution in [2.45, 2.75) is 13.0 Å². The molecule has 36 heavy (non-hydrogen) atoms. The van der Waals surface area contributed by atoms with Crippen LogP contribution in [0.1, 0.15) is 11.6 Å². The number of nitrogens with zero attached hydrogens (tertiary/aromatic N) is 5. The molecule has 0 aliphatic carbocycles. The molecule has 0 saturated carbocycles. The van der Waals surface area contributed by atoms with E-state index in [0.717, 1.165) is 12.1 Å². The first kappa shape index (κ1) is 23.6. The quantitative estimate of drug-likeness (QED) is 0.260. The van der Waals surface area contributed by atoms with Crippen molar-refractivity contribution in [2.75, 3.05) is 19.0 Å². The predicted molar refractivity (Wildman–Crippen MR) is 128 cm³/mol. The maximum Gasteiger partial charge on any atom is 0.326 e. The van der Waals surface area contributed by atoms with Crippen LogP contribution in [0.5, 0.6) is 11.8 Å². The zero-order chi connectivity index (χ0) is 25.1. The van der Waals surface area contributed by atoms with Crippen molar-refractivity contribution in [3.8, 4) is 23.0 Å². The smallest absolute Gasteiger partial charge is 0.326 e. The number of aromatic nitrogens is 7. The lowest BCUT2D eigenvalue weighted by Crippen LogP contribution is -2.09. The number of hydrogen-bond donors (Lipinski definition) is 3. The first-order valence-corrected chi connectivity index (χ1v) is 11.2. The van der Waals surface area contributed by atoms with Gasteiger partial charge in [0.15, 0.2) is 28.9 Å². The summed E-state index contributed by atoms with van der Waals surface area (Å²) in [4.78, 5) is 13.1. The van der Waals surface area contributed by atoms with E-state index >= 15 is 0 Å². The van der Waals surface area contributed by atoms with Gasteiger partial charge in [0.2, 0.25) is 0 Å². The van der Waals surface area contributed by atoms with Crippen LogP contribution in [0, 0.1) is 11.6 Å². The van der Waals surface area contributed by atoms with Crippen molar-refractivity contribution >= 4 is 28.5 Å². The molecule has 0 amide bonds. The second-order valence-electron chi connectivity index (χ2n) is 7.62. The van der Waals surface area contributed by atoms with Gasteiger partial charge >= 0.3 is 6.01 Å². The normalized spacial score (nSPS) is 11.2. The van der Waals surface area contributed by atoms with Gasteiger partial charge in [-0.3, -0.25) is 10.2 Å². The highest BCUT2D eigenvalue weighted by Gasteiger charge is 2.20. The number of anilines is 1. The van der Waals surface area contributed by atoms with Gasteiger partial charge in [0.1, 0.15) is 18.2 Å². The van der Waals surface area contributed by atoms with Gasteiger partial charge in [-0.25, -0.2) is 13.8 Å². The van der Waals surface area contributed by atoms with E-state index in [1.807, 2.05) is 18.2 Å². The highest BCUT2D eigenvalue weighted by atomic mass is 35.5. The second-order valence-corrected chi connectivity index (χ2v) is 8.02.